The number of carbonyl (C=O) groups excluding carboxylic acids is 2. The van der Waals surface area contributed by atoms with Crippen molar-refractivity contribution in [2.75, 3.05) is 24.5 Å². The Kier molecular flexibility index (Phi) is 3.21. The fraction of sp³-hybridized carbons (Fsp3) is 0.706. The standard InChI is InChI=1S/C17H24N4O3/c1-16(2,3)24-15(23)20-8-9-21-13(14(20)22)12(10-18-21)19-7-6-17(11-19)4-5-17/h10H,4-9,11H2,1-3H3. The van der Waals surface area contributed by atoms with Gasteiger partial charge in [-0.1, -0.05) is 0 Å². The lowest BCUT2D eigenvalue weighted by molar-refractivity contribution is 0.0210. The van der Waals surface area contributed by atoms with Crippen LogP contribution >= 0.6 is 0 Å². The van der Waals surface area contributed by atoms with Crippen LogP contribution in [0.4, 0.5) is 10.5 Å². The van der Waals surface area contributed by atoms with E-state index in [9.17, 15) is 9.59 Å². The fourth-order valence-corrected chi connectivity index (χ4v) is 3.64. The Morgan fingerprint density at radius 3 is 2.58 bits per heavy atom. The predicted molar refractivity (Wildman–Crippen MR) is 88.0 cm³/mol. The number of anilines is 1. The number of amides is 2. The molecule has 24 heavy (non-hydrogen) atoms. The number of imide groups is 1. The second-order valence-electron chi connectivity index (χ2n) is 8.21. The van der Waals surface area contributed by atoms with Crippen LogP contribution in [-0.4, -0.2) is 51.9 Å². The molecule has 1 aromatic heterocycles. The van der Waals surface area contributed by atoms with Crippen molar-refractivity contribution in [1.29, 1.82) is 0 Å². The highest BCUT2D eigenvalue weighted by molar-refractivity contribution is 6.06. The van der Waals surface area contributed by atoms with Crippen LogP contribution in [0.5, 0.6) is 0 Å². The Labute approximate surface area is 141 Å². The number of hydrogen-bond acceptors (Lipinski definition) is 5. The Bertz CT molecular complexity index is 699. The SMILES string of the molecule is CC(C)(C)OC(=O)N1CCn2ncc(N3CCC4(CC4)C3)c2C1=O. The summed E-state index contributed by atoms with van der Waals surface area (Å²) in [5.41, 5.74) is 1.23. The fourth-order valence-electron chi connectivity index (χ4n) is 3.64. The summed E-state index contributed by atoms with van der Waals surface area (Å²) in [5, 5.41) is 4.36. The molecular formula is C17H24N4O3. The zero-order valence-corrected chi connectivity index (χ0v) is 14.5. The number of rotatable bonds is 1. The third-order valence-corrected chi connectivity index (χ3v) is 5.15. The molecule has 130 valence electrons. The quantitative estimate of drug-likeness (QED) is 0.789. The molecule has 0 aromatic carbocycles. The van der Waals surface area contributed by atoms with E-state index >= 15 is 0 Å². The lowest BCUT2D eigenvalue weighted by Crippen LogP contribution is -2.47. The average molecular weight is 332 g/mol. The molecule has 0 atom stereocenters. The molecule has 2 aliphatic heterocycles. The van der Waals surface area contributed by atoms with E-state index in [-0.39, 0.29) is 5.91 Å². The van der Waals surface area contributed by atoms with E-state index in [1.807, 2.05) is 0 Å². The summed E-state index contributed by atoms with van der Waals surface area (Å²) >= 11 is 0. The molecule has 4 rings (SSSR count). The molecule has 1 aliphatic carbocycles. The Morgan fingerprint density at radius 2 is 1.96 bits per heavy atom. The molecule has 1 saturated carbocycles. The highest BCUT2D eigenvalue weighted by Gasteiger charge is 2.49. The smallest absolute Gasteiger partial charge is 0.417 e. The van der Waals surface area contributed by atoms with Gasteiger partial charge in [0.15, 0.2) is 0 Å². The second kappa shape index (κ2) is 4.97. The van der Waals surface area contributed by atoms with E-state index in [2.05, 4.69) is 10.00 Å². The van der Waals surface area contributed by atoms with Gasteiger partial charge in [-0.2, -0.15) is 5.10 Å². The first-order valence-corrected chi connectivity index (χ1v) is 8.64. The Balaban J connectivity index is 1.58. The van der Waals surface area contributed by atoms with Gasteiger partial charge in [0.2, 0.25) is 0 Å². The average Bonchev–Trinajstić information content (AvgIpc) is 2.92. The highest BCUT2D eigenvalue weighted by atomic mass is 16.6. The van der Waals surface area contributed by atoms with Crippen LogP contribution in [-0.2, 0) is 11.3 Å². The zero-order valence-electron chi connectivity index (χ0n) is 14.5. The molecule has 7 heteroatoms. The molecule has 3 aliphatic rings. The van der Waals surface area contributed by atoms with Crippen molar-refractivity contribution in [3.05, 3.63) is 11.9 Å². The lowest BCUT2D eigenvalue weighted by Gasteiger charge is -2.30. The molecule has 1 saturated heterocycles. The summed E-state index contributed by atoms with van der Waals surface area (Å²) in [6.07, 6.45) is 4.94. The van der Waals surface area contributed by atoms with Crippen molar-refractivity contribution >= 4 is 17.7 Å². The molecule has 3 heterocycles. The summed E-state index contributed by atoms with van der Waals surface area (Å²) < 4.78 is 7.09. The molecule has 0 unspecified atom stereocenters. The molecule has 0 N–H and O–H groups in total. The first-order valence-electron chi connectivity index (χ1n) is 8.64. The normalized spacial score (nSPS) is 22.0. The van der Waals surface area contributed by atoms with Gasteiger partial charge in [-0.15, -0.1) is 0 Å². The van der Waals surface area contributed by atoms with Crippen LogP contribution in [0.2, 0.25) is 0 Å². The number of ether oxygens (including phenoxy) is 1. The van der Waals surface area contributed by atoms with Gasteiger partial charge in [-0.05, 0) is 45.4 Å². The van der Waals surface area contributed by atoms with E-state index in [1.54, 1.807) is 31.6 Å². The highest BCUT2D eigenvalue weighted by Crippen LogP contribution is 2.53. The predicted octanol–water partition coefficient (Wildman–Crippen LogP) is 2.26. The first-order chi connectivity index (χ1) is 11.3. The van der Waals surface area contributed by atoms with Gasteiger partial charge in [0, 0.05) is 13.1 Å². The Morgan fingerprint density at radius 1 is 1.21 bits per heavy atom. The van der Waals surface area contributed by atoms with Crippen molar-refractivity contribution in [2.24, 2.45) is 5.41 Å². The van der Waals surface area contributed by atoms with Gasteiger partial charge in [0.25, 0.3) is 5.91 Å². The number of aromatic nitrogens is 2. The minimum Gasteiger partial charge on any atom is -0.443 e. The maximum absolute atomic E-state index is 12.9. The van der Waals surface area contributed by atoms with Crippen molar-refractivity contribution in [1.82, 2.24) is 14.7 Å². The number of fused-ring (bicyclic) bond motifs is 1. The third kappa shape index (κ3) is 2.56. The summed E-state index contributed by atoms with van der Waals surface area (Å²) in [7, 11) is 0. The van der Waals surface area contributed by atoms with Crippen molar-refractivity contribution in [3.63, 3.8) is 0 Å². The van der Waals surface area contributed by atoms with E-state index in [1.165, 1.54) is 24.2 Å². The number of carbonyl (C=O) groups is 2. The van der Waals surface area contributed by atoms with Crippen LogP contribution in [0.15, 0.2) is 6.20 Å². The summed E-state index contributed by atoms with van der Waals surface area (Å²) in [5.74, 6) is -0.306. The molecule has 1 spiro atoms. The van der Waals surface area contributed by atoms with Gasteiger partial charge < -0.3 is 9.64 Å². The minimum atomic E-state index is -0.620. The topological polar surface area (TPSA) is 67.7 Å². The minimum absolute atomic E-state index is 0.297. The zero-order chi connectivity index (χ0) is 17.1. The van der Waals surface area contributed by atoms with Crippen molar-refractivity contribution in [3.8, 4) is 0 Å². The first kappa shape index (κ1) is 15.5. The van der Waals surface area contributed by atoms with Crippen LogP contribution in [0.1, 0.15) is 50.5 Å². The van der Waals surface area contributed by atoms with Crippen molar-refractivity contribution in [2.45, 2.75) is 52.2 Å². The van der Waals surface area contributed by atoms with Crippen molar-refractivity contribution < 1.29 is 14.3 Å². The van der Waals surface area contributed by atoms with Gasteiger partial charge in [0.05, 0.1) is 25.0 Å². The van der Waals surface area contributed by atoms with Crippen LogP contribution in [0.3, 0.4) is 0 Å². The summed E-state index contributed by atoms with van der Waals surface area (Å²) in [4.78, 5) is 28.7. The molecule has 2 amide bonds. The molecule has 2 fully saturated rings. The number of nitrogens with zero attached hydrogens (tertiary/aromatic N) is 4. The van der Waals surface area contributed by atoms with E-state index in [0.29, 0.717) is 24.2 Å². The van der Waals surface area contributed by atoms with Gasteiger partial charge in [-0.25, -0.2) is 9.69 Å². The molecular weight excluding hydrogens is 308 g/mol. The molecule has 1 aromatic rings. The molecule has 0 radical (unpaired) electrons. The number of hydrogen-bond donors (Lipinski definition) is 0. The monoisotopic (exact) mass is 332 g/mol. The third-order valence-electron chi connectivity index (χ3n) is 5.15. The largest absolute Gasteiger partial charge is 0.443 e. The van der Waals surface area contributed by atoms with E-state index < -0.39 is 11.7 Å². The van der Waals surface area contributed by atoms with Gasteiger partial charge in [0.1, 0.15) is 11.3 Å². The van der Waals surface area contributed by atoms with Crippen LogP contribution in [0, 0.1) is 5.41 Å². The van der Waals surface area contributed by atoms with Crippen LogP contribution in [0.25, 0.3) is 0 Å². The van der Waals surface area contributed by atoms with Gasteiger partial charge in [-0.3, -0.25) is 9.48 Å². The molecule has 7 nitrogen and oxygen atoms in total. The van der Waals surface area contributed by atoms with E-state index in [4.69, 9.17) is 4.74 Å². The summed E-state index contributed by atoms with van der Waals surface area (Å²) in [6.45, 7) is 8.16. The second-order valence-corrected chi connectivity index (χ2v) is 8.21. The Hall–Kier alpha value is -2.05. The molecule has 0 bridgehead atoms. The van der Waals surface area contributed by atoms with Crippen LogP contribution < -0.4 is 4.90 Å². The maximum Gasteiger partial charge on any atom is 0.417 e. The summed E-state index contributed by atoms with van der Waals surface area (Å²) in [6, 6.07) is 0. The maximum atomic E-state index is 12.9. The van der Waals surface area contributed by atoms with Gasteiger partial charge >= 0.3 is 6.09 Å². The lowest BCUT2D eigenvalue weighted by atomic mass is 10.1. The van der Waals surface area contributed by atoms with E-state index in [0.717, 1.165) is 18.8 Å².